The van der Waals surface area contributed by atoms with Crippen molar-refractivity contribution in [2.24, 2.45) is 11.7 Å². The lowest BCUT2D eigenvalue weighted by Gasteiger charge is -2.15. The first kappa shape index (κ1) is 13.2. The average molecular weight is 193 g/mol. The summed E-state index contributed by atoms with van der Waals surface area (Å²) in [4.78, 5) is 0. The standard InChI is InChI=1S/C13H23N/c1-5-12(4)13(14)10-8-6-7-9-11(2)3/h5,7,9,12-13H,1-2,6,8,10,14H2,3-4H3/b9-7+. The molecule has 0 fully saturated rings. The van der Waals surface area contributed by atoms with E-state index in [4.69, 9.17) is 5.73 Å². The minimum absolute atomic E-state index is 0.255. The van der Waals surface area contributed by atoms with E-state index in [-0.39, 0.29) is 6.04 Å². The van der Waals surface area contributed by atoms with Crippen LogP contribution in [0.1, 0.15) is 33.1 Å². The van der Waals surface area contributed by atoms with Crippen LogP contribution in [0.4, 0.5) is 0 Å². The van der Waals surface area contributed by atoms with Crippen LogP contribution in [0.15, 0.2) is 37.0 Å². The van der Waals surface area contributed by atoms with Crippen LogP contribution in [0, 0.1) is 5.92 Å². The normalized spacial score (nSPS) is 15.4. The van der Waals surface area contributed by atoms with Gasteiger partial charge in [0.15, 0.2) is 0 Å². The molecule has 0 amide bonds. The number of allylic oxidation sites excluding steroid dienone is 3. The molecule has 0 spiro atoms. The second kappa shape index (κ2) is 7.57. The maximum Gasteiger partial charge on any atom is 0.00992 e. The molecule has 2 unspecified atom stereocenters. The maximum absolute atomic E-state index is 5.96. The minimum atomic E-state index is 0.255. The summed E-state index contributed by atoms with van der Waals surface area (Å²) in [5, 5.41) is 0. The van der Waals surface area contributed by atoms with Crippen LogP contribution >= 0.6 is 0 Å². The van der Waals surface area contributed by atoms with Crippen LogP contribution in [-0.4, -0.2) is 6.04 Å². The Morgan fingerprint density at radius 2 is 2.14 bits per heavy atom. The smallest absolute Gasteiger partial charge is 0.00992 e. The van der Waals surface area contributed by atoms with Gasteiger partial charge in [-0.3, -0.25) is 0 Å². The van der Waals surface area contributed by atoms with Gasteiger partial charge in [0.2, 0.25) is 0 Å². The molecule has 0 rings (SSSR count). The fourth-order valence-corrected chi connectivity index (χ4v) is 1.19. The summed E-state index contributed by atoms with van der Waals surface area (Å²) in [6, 6.07) is 0.255. The van der Waals surface area contributed by atoms with Crippen molar-refractivity contribution in [1.29, 1.82) is 0 Å². The fourth-order valence-electron chi connectivity index (χ4n) is 1.19. The molecular weight excluding hydrogens is 170 g/mol. The molecule has 0 aliphatic heterocycles. The lowest BCUT2D eigenvalue weighted by Crippen LogP contribution is -2.26. The molecule has 2 N–H and O–H groups in total. The van der Waals surface area contributed by atoms with E-state index in [2.05, 4.69) is 32.2 Å². The van der Waals surface area contributed by atoms with E-state index >= 15 is 0 Å². The van der Waals surface area contributed by atoms with E-state index in [1.165, 1.54) is 0 Å². The highest BCUT2D eigenvalue weighted by Crippen LogP contribution is 2.09. The van der Waals surface area contributed by atoms with Crippen molar-refractivity contribution in [1.82, 2.24) is 0 Å². The first-order valence-corrected chi connectivity index (χ1v) is 5.28. The van der Waals surface area contributed by atoms with Crippen molar-refractivity contribution in [3.63, 3.8) is 0 Å². The summed E-state index contributed by atoms with van der Waals surface area (Å²) >= 11 is 0. The zero-order valence-electron chi connectivity index (χ0n) is 9.50. The summed E-state index contributed by atoms with van der Waals surface area (Å²) < 4.78 is 0. The lowest BCUT2D eigenvalue weighted by atomic mass is 9.98. The molecule has 1 heteroatoms. The Kier molecular flexibility index (Phi) is 7.13. The Morgan fingerprint density at radius 1 is 1.50 bits per heavy atom. The third-order valence-electron chi connectivity index (χ3n) is 2.36. The molecule has 0 aliphatic rings. The van der Waals surface area contributed by atoms with Gasteiger partial charge in [-0.15, -0.1) is 6.58 Å². The molecule has 0 aliphatic carbocycles. The van der Waals surface area contributed by atoms with Gasteiger partial charge >= 0.3 is 0 Å². The second-order valence-corrected chi connectivity index (χ2v) is 3.94. The third kappa shape index (κ3) is 6.67. The molecule has 0 bridgehead atoms. The number of nitrogens with two attached hydrogens (primary N) is 1. The van der Waals surface area contributed by atoms with Crippen molar-refractivity contribution in [2.45, 2.75) is 39.2 Å². The van der Waals surface area contributed by atoms with Crippen LogP contribution < -0.4 is 5.73 Å². The molecule has 0 saturated carbocycles. The first-order chi connectivity index (χ1) is 6.57. The molecule has 0 aromatic rings. The highest BCUT2D eigenvalue weighted by Gasteiger charge is 2.07. The van der Waals surface area contributed by atoms with Gasteiger partial charge in [-0.05, 0) is 32.1 Å². The summed E-state index contributed by atoms with van der Waals surface area (Å²) in [5.41, 5.74) is 7.06. The summed E-state index contributed by atoms with van der Waals surface area (Å²) in [5.74, 6) is 0.417. The van der Waals surface area contributed by atoms with Gasteiger partial charge < -0.3 is 5.73 Å². The molecule has 1 nitrogen and oxygen atoms in total. The number of hydrogen-bond donors (Lipinski definition) is 1. The Balaban J connectivity index is 3.54. The van der Waals surface area contributed by atoms with E-state index in [0.717, 1.165) is 24.8 Å². The Hall–Kier alpha value is -0.820. The van der Waals surface area contributed by atoms with Gasteiger partial charge in [0.25, 0.3) is 0 Å². The number of hydrogen-bond acceptors (Lipinski definition) is 1. The quantitative estimate of drug-likeness (QED) is 0.374. The zero-order valence-corrected chi connectivity index (χ0v) is 9.50. The fraction of sp³-hybridized carbons (Fsp3) is 0.538. The minimum Gasteiger partial charge on any atom is -0.327 e. The molecule has 0 aromatic carbocycles. The SMILES string of the molecule is C=CC(C)C(N)CCC/C=C/C(=C)C. The molecule has 2 atom stereocenters. The highest BCUT2D eigenvalue weighted by atomic mass is 14.6. The van der Waals surface area contributed by atoms with E-state index in [1.807, 2.05) is 13.0 Å². The van der Waals surface area contributed by atoms with Crippen molar-refractivity contribution in [3.05, 3.63) is 37.0 Å². The van der Waals surface area contributed by atoms with Crippen LogP contribution in [-0.2, 0) is 0 Å². The van der Waals surface area contributed by atoms with Crippen molar-refractivity contribution >= 4 is 0 Å². The van der Waals surface area contributed by atoms with Crippen molar-refractivity contribution < 1.29 is 0 Å². The Labute approximate surface area is 88.4 Å². The highest BCUT2D eigenvalue weighted by molar-refractivity contribution is 5.10. The average Bonchev–Trinajstić information content (AvgIpc) is 2.15. The maximum atomic E-state index is 5.96. The van der Waals surface area contributed by atoms with Crippen molar-refractivity contribution in [3.8, 4) is 0 Å². The van der Waals surface area contributed by atoms with Crippen molar-refractivity contribution in [2.75, 3.05) is 0 Å². The van der Waals surface area contributed by atoms with Gasteiger partial charge in [-0.1, -0.05) is 37.3 Å². The lowest BCUT2D eigenvalue weighted by molar-refractivity contribution is 0.490. The van der Waals surface area contributed by atoms with Gasteiger partial charge in [-0.25, -0.2) is 0 Å². The predicted octanol–water partition coefficient (Wildman–Crippen LogP) is 3.44. The van der Waals surface area contributed by atoms with E-state index in [9.17, 15) is 0 Å². The topological polar surface area (TPSA) is 26.0 Å². The molecule has 14 heavy (non-hydrogen) atoms. The van der Waals surface area contributed by atoms with Crippen LogP contribution in [0.2, 0.25) is 0 Å². The number of rotatable bonds is 7. The van der Waals surface area contributed by atoms with Crippen LogP contribution in [0.5, 0.6) is 0 Å². The van der Waals surface area contributed by atoms with Crippen LogP contribution in [0.25, 0.3) is 0 Å². The molecule has 0 radical (unpaired) electrons. The summed E-state index contributed by atoms with van der Waals surface area (Å²) in [6.07, 6.45) is 9.44. The predicted molar refractivity (Wildman–Crippen MR) is 65.1 cm³/mol. The Bertz CT molecular complexity index is 203. The summed E-state index contributed by atoms with van der Waals surface area (Å²) in [6.45, 7) is 11.7. The van der Waals surface area contributed by atoms with Crippen LogP contribution in [0.3, 0.4) is 0 Å². The molecule has 0 heterocycles. The molecule has 0 saturated heterocycles. The Morgan fingerprint density at radius 3 is 2.64 bits per heavy atom. The van der Waals surface area contributed by atoms with E-state index in [1.54, 1.807) is 0 Å². The summed E-state index contributed by atoms with van der Waals surface area (Å²) in [7, 11) is 0. The van der Waals surface area contributed by atoms with E-state index in [0.29, 0.717) is 5.92 Å². The zero-order chi connectivity index (χ0) is 11.0. The third-order valence-corrected chi connectivity index (χ3v) is 2.36. The first-order valence-electron chi connectivity index (χ1n) is 5.28. The largest absolute Gasteiger partial charge is 0.327 e. The van der Waals surface area contributed by atoms with E-state index < -0.39 is 0 Å². The van der Waals surface area contributed by atoms with Gasteiger partial charge in [0.05, 0.1) is 0 Å². The number of unbranched alkanes of at least 4 members (excludes halogenated alkanes) is 1. The van der Waals surface area contributed by atoms with Gasteiger partial charge in [0, 0.05) is 6.04 Å². The van der Waals surface area contributed by atoms with Gasteiger partial charge in [0.1, 0.15) is 0 Å². The molecule has 80 valence electrons. The second-order valence-electron chi connectivity index (χ2n) is 3.94. The molecule has 0 aromatic heterocycles. The monoisotopic (exact) mass is 193 g/mol. The molecular formula is C13H23N. The van der Waals surface area contributed by atoms with Gasteiger partial charge in [-0.2, -0.15) is 0 Å².